The Morgan fingerprint density at radius 1 is 0.967 bits per heavy atom. The van der Waals surface area contributed by atoms with Crippen LogP contribution in [0.3, 0.4) is 0 Å². The van der Waals surface area contributed by atoms with E-state index in [-0.39, 0.29) is 29.3 Å². The van der Waals surface area contributed by atoms with Crippen molar-refractivity contribution in [3.05, 3.63) is 95.3 Å². The van der Waals surface area contributed by atoms with Crippen molar-refractivity contribution in [1.29, 1.82) is 0 Å². The number of nitrogens with one attached hydrogen (secondary N) is 1. The van der Waals surface area contributed by atoms with Gasteiger partial charge in [-0.2, -0.15) is 13.9 Å². The molecule has 5 nitrogen and oxygen atoms in total. The first-order valence-corrected chi connectivity index (χ1v) is 8.86. The van der Waals surface area contributed by atoms with E-state index in [1.165, 1.54) is 30.5 Å². The Morgan fingerprint density at radius 2 is 1.63 bits per heavy atom. The summed E-state index contributed by atoms with van der Waals surface area (Å²) in [6.07, 6.45) is 1.21. The van der Waals surface area contributed by atoms with Gasteiger partial charge < -0.3 is 9.47 Å². The number of benzene rings is 3. The van der Waals surface area contributed by atoms with Crippen LogP contribution in [0, 0.1) is 5.82 Å². The van der Waals surface area contributed by atoms with Crippen LogP contribution in [-0.2, 0) is 6.61 Å². The lowest BCUT2D eigenvalue weighted by Crippen LogP contribution is -2.18. The fourth-order valence-corrected chi connectivity index (χ4v) is 2.53. The maximum absolute atomic E-state index is 13.0. The number of hydrogen-bond acceptors (Lipinski definition) is 4. The highest BCUT2D eigenvalue weighted by Crippen LogP contribution is 2.20. The van der Waals surface area contributed by atoms with Gasteiger partial charge in [0.15, 0.2) is 0 Å². The summed E-state index contributed by atoms with van der Waals surface area (Å²) in [5.74, 6) is -0.644. The average molecular weight is 414 g/mol. The summed E-state index contributed by atoms with van der Waals surface area (Å²) in [5, 5.41) is 3.81. The van der Waals surface area contributed by atoms with Gasteiger partial charge in [-0.15, -0.1) is 0 Å². The Hall–Kier alpha value is -3.81. The Balaban J connectivity index is 1.66. The normalized spacial score (nSPS) is 10.9. The first-order chi connectivity index (χ1) is 14.5. The zero-order valence-electron chi connectivity index (χ0n) is 15.6. The highest BCUT2D eigenvalue weighted by Gasteiger charge is 2.12. The zero-order valence-corrected chi connectivity index (χ0v) is 15.6. The molecule has 0 radical (unpaired) electrons. The molecule has 3 aromatic carbocycles. The molecule has 0 heterocycles. The van der Waals surface area contributed by atoms with E-state index >= 15 is 0 Å². The van der Waals surface area contributed by atoms with Crippen LogP contribution >= 0.6 is 0 Å². The molecule has 0 spiro atoms. The summed E-state index contributed by atoms with van der Waals surface area (Å²) < 4.78 is 48.0. The van der Waals surface area contributed by atoms with Gasteiger partial charge in [-0.1, -0.05) is 36.4 Å². The average Bonchev–Trinajstić information content (AvgIpc) is 2.74. The van der Waals surface area contributed by atoms with Crippen LogP contribution in [0.4, 0.5) is 13.2 Å². The minimum absolute atomic E-state index is 0.0615. The van der Waals surface area contributed by atoms with Gasteiger partial charge in [0.25, 0.3) is 5.91 Å². The van der Waals surface area contributed by atoms with Crippen molar-refractivity contribution in [2.75, 3.05) is 0 Å². The van der Waals surface area contributed by atoms with Gasteiger partial charge in [0.2, 0.25) is 0 Å². The van der Waals surface area contributed by atoms with Gasteiger partial charge in [0, 0.05) is 5.56 Å². The fraction of sp³-hybridized carbons (Fsp3) is 0.0909. The lowest BCUT2D eigenvalue weighted by atomic mass is 10.2. The summed E-state index contributed by atoms with van der Waals surface area (Å²) in [6.45, 7) is -2.83. The number of hydrazone groups is 1. The maximum Gasteiger partial charge on any atom is 0.387 e. The van der Waals surface area contributed by atoms with Crippen molar-refractivity contribution >= 4 is 12.1 Å². The van der Waals surface area contributed by atoms with Gasteiger partial charge >= 0.3 is 6.61 Å². The van der Waals surface area contributed by atoms with E-state index < -0.39 is 12.5 Å². The van der Waals surface area contributed by atoms with Crippen LogP contribution < -0.4 is 14.9 Å². The quantitative estimate of drug-likeness (QED) is 0.427. The van der Waals surface area contributed by atoms with E-state index in [1.807, 2.05) is 0 Å². The minimum Gasteiger partial charge on any atom is -0.488 e. The first kappa shape index (κ1) is 20.9. The number of halogens is 3. The standard InChI is InChI=1S/C22H17F3N2O3/c23-17-11-9-15(10-12-17)14-29-20-8-4-2-6-18(20)21(28)27-26-13-16-5-1-3-7-19(16)30-22(24)25/h1-13,22H,14H2,(H,27,28)/b26-13-. The number of para-hydroxylation sites is 2. The molecule has 30 heavy (non-hydrogen) atoms. The zero-order chi connectivity index (χ0) is 21.3. The van der Waals surface area contributed by atoms with E-state index in [0.29, 0.717) is 5.75 Å². The second-order valence-corrected chi connectivity index (χ2v) is 6.03. The lowest BCUT2D eigenvalue weighted by Gasteiger charge is -2.10. The van der Waals surface area contributed by atoms with Crippen LogP contribution in [0.5, 0.6) is 11.5 Å². The third kappa shape index (κ3) is 5.84. The Labute approximate surface area is 170 Å². The molecule has 0 aliphatic heterocycles. The van der Waals surface area contributed by atoms with Gasteiger partial charge in [-0.25, -0.2) is 9.82 Å². The predicted octanol–water partition coefficient (Wildman–Crippen LogP) is 4.77. The van der Waals surface area contributed by atoms with Crippen LogP contribution in [-0.4, -0.2) is 18.7 Å². The number of nitrogens with zero attached hydrogens (tertiary/aromatic N) is 1. The van der Waals surface area contributed by atoms with Gasteiger partial charge in [-0.05, 0) is 42.0 Å². The van der Waals surface area contributed by atoms with Crippen LogP contribution in [0.1, 0.15) is 21.5 Å². The summed E-state index contributed by atoms with van der Waals surface area (Å²) in [4.78, 5) is 12.5. The third-order valence-corrected chi connectivity index (χ3v) is 3.94. The molecule has 3 rings (SSSR count). The molecular weight excluding hydrogens is 397 g/mol. The fourth-order valence-electron chi connectivity index (χ4n) is 2.53. The van der Waals surface area contributed by atoms with Crippen molar-refractivity contribution in [2.24, 2.45) is 5.10 Å². The third-order valence-electron chi connectivity index (χ3n) is 3.94. The number of carbonyl (C=O) groups is 1. The van der Waals surface area contributed by atoms with E-state index in [2.05, 4.69) is 15.3 Å². The molecule has 0 atom stereocenters. The van der Waals surface area contributed by atoms with Gasteiger partial charge in [0.1, 0.15) is 23.9 Å². The highest BCUT2D eigenvalue weighted by molar-refractivity contribution is 5.97. The second kappa shape index (κ2) is 10.1. The summed E-state index contributed by atoms with van der Waals surface area (Å²) in [5.41, 5.74) is 3.58. The predicted molar refractivity (Wildman–Crippen MR) is 105 cm³/mol. The number of carbonyl (C=O) groups excluding carboxylic acids is 1. The molecule has 0 aliphatic carbocycles. The SMILES string of the molecule is O=C(N/N=C\c1ccccc1OC(F)F)c1ccccc1OCc1ccc(F)cc1. The minimum atomic E-state index is -2.97. The van der Waals surface area contributed by atoms with Crippen molar-refractivity contribution in [2.45, 2.75) is 13.2 Å². The number of amides is 1. The molecule has 1 amide bonds. The molecule has 1 N–H and O–H groups in total. The Morgan fingerprint density at radius 3 is 2.37 bits per heavy atom. The van der Waals surface area contributed by atoms with Crippen LogP contribution in [0.2, 0.25) is 0 Å². The highest BCUT2D eigenvalue weighted by atomic mass is 19.3. The molecule has 3 aromatic rings. The molecule has 0 unspecified atom stereocenters. The molecule has 0 aliphatic rings. The largest absolute Gasteiger partial charge is 0.488 e. The molecule has 0 bridgehead atoms. The second-order valence-electron chi connectivity index (χ2n) is 6.03. The van der Waals surface area contributed by atoms with Crippen LogP contribution in [0.25, 0.3) is 0 Å². The first-order valence-electron chi connectivity index (χ1n) is 8.86. The van der Waals surface area contributed by atoms with E-state index in [9.17, 15) is 18.0 Å². The van der Waals surface area contributed by atoms with Crippen molar-refractivity contribution in [1.82, 2.24) is 5.43 Å². The summed E-state index contributed by atoms with van der Waals surface area (Å²) >= 11 is 0. The van der Waals surface area contributed by atoms with Gasteiger partial charge in [-0.3, -0.25) is 4.79 Å². The molecule has 0 saturated heterocycles. The lowest BCUT2D eigenvalue weighted by molar-refractivity contribution is -0.0499. The Kier molecular flexibility index (Phi) is 7.05. The maximum atomic E-state index is 13.0. The molecular formula is C22H17F3N2O3. The number of rotatable bonds is 8. The number of hydrogen-bond donors (Lipinski definition) is 1. The molecule has 0 saturated carbocycles. The van der Waals surface area contributed by atoms with Crippen molar-refractivity contribution in [3.63, 3.8) is 0 Å². The van der Waals surface area contributed by atoms with Crippen molar-refractivity contribution < 1.29 is 27.4 Å². The Bertz CT molecular complexity index is 1020. The number of ether oxygens (including phenoxy) is 2. The topological polar surface area (TPSA) is 59.9 Å². The molecule has 0 fully saturated rings. The molecule has 0 aromatic heterocycles. The number of alkyl halides is 2. The summed E-state index contributed by atoms with van der Waals surface area (Å²) in [7, 11) is 0. The van der Waals surface area contributed by atoms with E-state index in [4.69, 9.17) is 4.74 Å². The van der Waals surface area contributed by atoms with E-state index in [0.717, 1.165) is 5.56 Å². The molecule has 154 valence electrons. The van der Waals surface area contributed by atoms with Gasteiger partial charge in [0.05, 0.1) is 11.8 Å². The van der Waals surface area contributed by atoms with Crippen LogP contribution in [0.15, 0.2) is 77.9 Å². The smallest absolute Gasteiger partial charge is 0.387 e. The monoisotopic (exact) mass is 414 g/mol. The molecule has 8 heteroatoms. The van der Waals surface area contributed by atoms with Crippen molar-refractivity contribution in [3.8, 4) is 11.5 Å². The summed E-state index contributed by atoms with van der Waals surface area (Å²) in [6, 6.07) is 18.4. The van der Waals surface area contributed by atoms with E-state index in [1.54, 1.807) is 48.5 Å².